The first kappa shape index (κ1) is 15.2. The SMILES string of the molecule is C=CC(=C)C(=O)Nc1onc(-c2ccc(C)cc2)c1C(=O)O. The second-order valence-electron chi connectivity index (χ2n) is 4.59. The lowest BCUT2D eigenvalue weighted by Gasteiger charge is -2.02. The van der Waals surface area contributed by atoms with Gasteiger partial charge in [0.05, 0.1) is 0 Å². The zero-order chi connectivity index (χ0) is 16.3. The highest BCUT2D eigenvalue weighted by Gasteiger charge is 2.25. The number of aromatic carboxylic acids is 1. The number of amides is 1. The maximum Gasteiger partial charge on any atom is 0.343 e. The number of nitrogens with zero attached hydrogens (tertiary/aromatic N) is 1. The van der Waals surface area contributed by atoms with Gasteiger partial charge in [0.15, 0.2) is 5.56 Å². The van der Waals surface area contributed by atoms with Gasteiger partial charge in [0, 0.05) is 11.1 Å². The van der Waals surface area contributed by atoms with Crippen LogP contribution in [0.3, 0.4) is 0 Å². The van der Waals surface area contributed by atoms with Gasteiger partial charge in [-0.15, -0.1) is 0 Å². The molecular formula is C16H14N2O4. The minimum atomic E-state index is -1.25. The number of carboxylic acid groups (broad SMARTS) is 1. The molecule has 0 aliphatic rings. The van der Waals surface area contributed by atoms with Crippen molar-refractivity contribution in [3.63, 3.8) is 0 Å². The lowest BCUT2D eigenvalue weighted by Crippen LogP contribution is -2.14. The Kier molecular flexibility index (Phi) is 4.22. The van der Waals surface area contributed by atoms with Crippen LogP contribution in [0.4, 0.5) is 5.88 Å². The van der Waals surface area contributed by atoms with Crippen LogP contribution >= 0.6 is 0 Å². The Morgan fingerprint density at radius 1 is 1.32 bits per heavy atom. The van der Waals surface area contributed by atoms with Gasteiger partial charge in [0.25, 0.3) is 5.91 Å². The van der Waals surface area contributed by atoms with Crippen LogP contribution in [0.15, 0.2) is 53.6 Å². The average molecular weight is 298 g/mol. The third-order valence-corrected chi connectivity index (χ3v) is 3.00. The first-order valence-corrected chi connectivity index (χ1v) is 6.36. The highest BCUT2D eigenvalue weighted by Crippen LogP contribution is 2.29. The smallest absolute Gasteiger partial charge is 0.343 e. The highest BCUT2D eigenvalue weighted by atomic mass is 16.5. The maximum atomic E-state index is 11.7. The number of carbonyl (C=O) groups is 2. The molecule has 1 aromatic carbocycles. The van der Waals surface area contributed by atoms with Crippen molar-refractivity contribution in [3.8, 4) is 11.3 Å². The number of aromatic nitrogens is 1. The Balaban J connectivity index is 2.44. The van der Waals surface area contributed by atoms with Gasteiger partial charge in [-0.1, -0.05) is 54.2 Å². The summed E-state index contributed by atoms with van der Waals surface area (Å²) >= 11 is 0. The fraction of sp³-hybridized carbons (Fsp3) is 0.0625. The summed E-state index contributed by atoms with van der Waals surface area (Å²) < 4.78 is 4.97. The third-order valence-electron chi connectivity index (χ3n) is 3.00. The van der Waals surface area contributed by atoms with Gasteiger partial charge >= 0.3 is 5.97 Å². The Hall–Kier alpha value is -3.15. The van der Waals surface area contributed by atoms with E-state index < -0.39 is 11.9 Å². The van der Waals surface area contributed by atoms with Crippen LogP contribution in [0.5, 0.6) is 0 Å². The average Bonchev–Trinajstić information content (AvgIpc) is 2.90. The molecule has 0 aliphatic carbocycles. The molecule has 1 heterocycles. The van der Waals surface area contributed by atoms with Gasteiger partial charge in [0.2, 0.25) is 5.88 Å². The topological polar surface area (TPSA) is 92.4 Å². The van der Waals surface area contributed by atoms with Gasteiger partial charge in [-0.05, 0) is 6.92 Å². The molecule has 2 aromatic rings. The molecule has 0 spiro atoms. The highest BCUT2D eigenvalue weighted by molar-refractivity contribution is 6.08. The predicted molar refractivity (Wildman–Crippen MR) is 81.6 cm³/mol. The summed E-state index contributed by atoms with van der Waals surface area (Å²) in [6.07, 6.45) is 1.26. The molecule has 2 rings (SSSR count). The first-order chi connectivity index (χ1) is 10.4. The molecule has 0 bridgehead atoms. The zero-order valence-corrected chi connectivity index (χ0v) is 11.9. The number of anilines is 1. The zero-order valence-electron chi connectivity index (χ0n) is 11.9. The number of carboxylic acids is 1. The number of hydrogen-bond donors (Lipinski definition) is 2. The number of rotatable bonds is 5. The second kappa shape index (κ2) is 6.09. The minimum Gasteiger partial charge on any atom is -0.477 e. The molecule has 0 aliphatic heterocycles. The van der Waals surface area contributed by atoms with E-state index in [0.29, 0.717) is 5.56 Å². The fourth-order valence-electron chi connectivity index (χ4n) is 1.76. The van der Waals surface area contributed by atoms with Gasteiger partial charge in [-0.3, -0.25) is 10.1 Å². The number of hydrogen-bond acceptors (Lipinski definition) is 4. The van der Waals surface area contributed by atoms with Crippen molar-refractivity contribution < 1.29 is 19.2 Å². The third kappa shape index (κ3) is 2.95. The van der Waals surface area contributed by atoms with Gasteiger partial charge in [-0.2, -0.15) is 0 Å². The Labute approximate surface area is 126 Å². The number of aryl methyl sites for hydroxylation is 1. The van der Waals surface area contributed by atoms with Crippen LogP contribution in [0, 0.1) is 6.92 Å². The van der Waals surface area contributed by atoms with Crippen molar-refractivity contribution >= 4 is 17.8 Å². The van der Waals surface area contributed by atoms with E-state index in [4.69, 9.17) is 4.52 Å². The van der Waals surface area contributed by atoms with Crippen LogP contribution in [-0.4, -0.2) is 22.1 Å². The largest absolute Gasteiger partial charge is 0.477 e. The summed E-state index contributed by atoms with van der Waals surface area (Å²) in [5.74, 6) is -2.10. The molecule has 0 unspecified atom stereocenters. The lowest BCUT2D eigenvalue weighted by atomic mass is 10.1. The minimum absolute atomic E-state index is 0.0876. The normalized spacial score (nSPS) is 10.0. The van der Waals surface area contributed by atoms with Crippen LogP contribution in [-0.2, 0) is 4.79 Å². The molecule has 6 heteroatoms. The summed E-state index contributed by atoms with van der Waals surface area (Å²) in [7, 11) is 0. The van der Waals surface area contributed by atoms with Gasteiger partial charge < -0.3 is 9.63 Å². The molecule has 0 fully saturated rings. The summed E-state index contributed by atoms with van der Waals surface area (Å²) in [6.45, 7) is 8.81. The number of nitrogens with one attached hydrogen (secondary N) is 1. The molecule has 22 heavy (non-hydrogen) atoms. The van der Waals surface area contributed by atoms with Crippen LogP contribution in [0.25, 0.3) is 11.3 Å². The fourth-order valence-corrected chi connectivity index (χ4v) is 1.76. The molecule has 0 radical (unpaired) electrons. The van der Waals surface area contributed by atoms with E-state index in [9.17, 15) is 14.7 Å². The number of carbonyl (C=O) groups excluding carboxylic acids is 1. The van der Waals surface area contributed by atoms with Gasteiger partial charge in [-0.25, -0.2) is 4.79 Å². The molecule has 0 saturated carbocycles. The van der Waals surface area contributed by atoms with Crippen molar-refractivity contribution in [3.05, 3.63) is 60.2 Å². The Morgan fingerprint density at radius 2 is 1.95 bits per heavy atom. The molecular weight excluding hydrogens is 284 g/mol. The van der Waals surface area contributed by atoms with E-state index in [1.165, 1.54) is 6.08 Å². The van der Waals surface area contributed by atoms with Crippen molar-refractivity contribution in [2.45, 2.75) is 6.92 Å². The van der Waals surface area contributed by atoms with E-state index >= 15 is 0 Å². The standard InChI is InChI=1S/C16H14N2O4/c1-4-10(3)14(19)17-15-12(16(20)21)13(18-22-15)11-7-5-9(2)6-8-11/h4-8H,1,3H2,2H3,(H,17,19)(H,20,21). The maximum absolute atomic E-state index is 11.7. The Morgan fingerprint density at radius 3 is 2.50 bits per heavy atom. The molecule has 6 nitrogen and oxygen atoms in total. The summed E-state index contributed by atoms with van der Waals surface area (Å²) in [5, 5.41) is 15.4. The van der Waals surface area contributed by atoms with Gasteiger partial charge in [0.1, 0.15) is 5.69 Å². The van der Waals surface area contributed by atoms with Crippen molar-refractivity contribution in [2.75, 3.05) is 5.32 Å². The van der Waals surface area contributed by atoms with E-state index in [1.807, 2.05) is 19.1 Å². The van der Waals surface area contributed by atoms with Crippen LogP contribution in [0.1, 0.15) is 15.9 Å². The van der Waals surface area contributed by atoms with Crippen molar-refractivity contribution in [2.24, 2.45) is 0 Å². The molecule has 0 saturated heterocycles. The Bertz CT molecular complexity index is 757. The quantitative estimate of drug-likeness (QED) is 0.654. The van der Waals surface area contributed by atoms with E-state index in [0.717, 1.165) is 5.56 Å². The van der Waals surface area contributed by atoms with Crippen LogP contribution < -0.4 is 5.32 Å². The molecule has 2 N–H and O–H groups in total. The monoisotopic (exact) mass is 298 g/mol. The van der Waals surface area contributed by atoms with E-state index in [-0.39, 0.29) is 22.7 Å². The summed E-state index contributed by atoms with van der Waals surface area (Å²) in [4.78, 5) is 23.2. The molecule has 1 amide bonds. The first-order valence-electron chi connectivity index (χ1n) is 6.36. The number of benzene rings is 1. The molecule has 1 aromatic heterocycles. The van der Waals surface area contributed by atoms with Crippen molar-refractivity contribution in [1.29, 1.82) is 0 Å². The summed E-state index contributed by atoms with van der Waals surface area (Å²) in [5.41, 5.74) is 1.63. The van der Waals surface area contributed by atoms with Crippen LogP contribution in [0.2, 0.25) is 0 Å². The van der Waals surface area contributed by atoms with Crippen molar-refractivity contribution in [1.82, 2.24) is 5.16 Å². The summed E-state index contributed by atoms with van der Waals surface area (Å²) in [6, 6.07) is 7.11. The van der Waals surface area contributed by atoms with E-state index in [1.54, 1.807) is 12.1 Å². The second-order valence-corrected chi connectivity index (χ2v) is 4.59. The predicted octanol–water partition coefficient (Wildman–Crippen LogP) is 3.03. The van der Waals surface area contributed by atoms with E-state index in [2.05, 4.69) is 23.6 Å². The lowest BCUT2D eigenvalue weighted by molar-refractivity contribution is -0.112. The molecule has 112 valence electrons. The molecule has 0 atom stereocenters.